The summed E-state index contributed by atoms with van der Waals surface area (Å²) in [6.07, 6.45) is 0. The van der Waals surface area contributed by atoms with Crippen molar-refractivity contribution in [3.05, 3.63) is 194 Å². The smallest absolute Gasteiger partial charge is 0.164 e. The molecule has 0 aliphatic rings. The third-order valence-corrected chi connectivity index (χ3v) is 10.7. The molecule has 11 aromatic rings. The minimum Gasteiger partial charge on any atom is -0.456 e. The predicted molar refractivity (Wildman–Crippen MR) is 229 cm³/mol. The highest BCUT2D eigenvalue weighted by molar-refractivity contribution is 6.15. The Morgan fingerprint density at radius 1 is 0.339 bits per heavy atom. The molecule has 0 aliphatic carbocycles. The molecule has 0 spiro atoms. The van der Waals surface area contributed by atoms with Gasteiger partial charge in [-0.2, -0.15) is 0 Å². The van der Waals surface area contributed by atoms with E-state index in [1.165, 1.54) is 0 Å². The van der Waals surface area contributed by atoms with Crippen LogP contribution in [0.15, 0.2) is 199 Å². The molecular weight excluding hydrogens is 685 g/mol. The molecule has 0 saturated heterocycles. The second-order valence-electron chi connectivity index (χ2n) is 14.0. The van der Waals surface area contributed by atoms with Crippen molar-refractivity contribution in [3.63, 3.8) is 0 Å². The maximum atomic E-state index is 6.56. The van der Waals surface area contributed by atoms with Gasteiger partial charge in [0, 0.05) is 43.9 Å². The quantitative estimate of drug-likeness (QED) is 0.172. The number of benzene rings is 8. The van der Waals surface area contributed by atoms with Crippen molar-refractivity contribution < 1.29 is 4.42 Å². The van der Waals surface area contributed by atoms with Gasteiger partial charge in [0.25, 0.3) is 0 Å². The van der Waals surface area contributed by atoms with Gasteiger partial charge in [-0.25, -0.2) is 15.0 Å². The first-order valence-corrected chi connectivity index (χ1v) is 18.8. The summed E-state index contributed by atoms with van der Waals surface area (Å²) in [7, 11) is 0. The van der Waals surface area contributed by atoms with Crippen LogP contribution < -0.4 is 0 Å². The largest absolute Gasteiger partial charge is 0.456 e. The fourth-order valence-electron chi connectivity index (χ4n) is 8.08. The SMILES string of the molecule is c1ccc(-c2ccc3c(c2)oc2cc(-c4nc(-c5ccccc5-c5ccccc5)nc(-c5cccc6c5c5ccccc5n6-c5ccccc5)n4)ccc23)cc1. The number of para-hydroxylation sites is 2. The lowest BCUT2D eigenvalue weighted by molar-refractivity contribution is 0.669. The van der Waals surface area contributed by atoms with Gasteiger partial charge in [-0.05, 0) is 70.8 Å². The van der Waals surface area contributed by atoms with Crippen molar-refractivity contribution in [3.8, 4) is 62.1 Å². The van der Waals surface area contributed by atoms with Gasteiger partial charge >= 0.3 is 0 Å². The molecule has 5 nitrogen and oxygen atoms in total. The molecule has 0 unspecified atom stereocenters. The van der Waals surface area contributed by atoms with Crippen molar-refractivity contribution in [1.82, 2.24) is 19.5 Å². The minimum absolute atomic E-state index is 0.573. The average Bonchev–Trinajstić information content (AvgIpc) is 3.82. The van der Waals surface area contributed by atoms with Gasteiger partial charge in [-0.15, -0.1) is 0 Å². The summed E-state index contributed by atoms with van der Waals surface area (Å²) in [6, 6.07) is 67.3. The molecule has 0 atom stereocenters. The molecule has 0 N–H and O–H groups in total. The van der Waals surface area contributed by atoms with Crippen LogP contribution in [-0.4, -0.2) is 19.5 Å². The van der Waals surface area contributed by atoms with Gasteiger partial charge in [0.2, 0.25) is 0 Å². The summed E-state index contributed by atoms with van der Waals surface area (Å²) < 4.78 is 8.88. The Labute approximate surface area is 322 Å². The fourth-order valence-corrected chi connectivity index (χ4v) is 8.08. The molecule has 0 amide bonds. The maximum absolute atomic E-state index is 6.56. The summed E-state index contributed by atoms with van der Waals surface area (Å²) in [6.45, 7) is 0. The van der Waals surface area contributed by atoms with Gasteiger partial charge < -0.3 is 8.98 Å². The summed E-state index contributed by atoms with van der Waals surface area (Å²) in [5.74, 6) is 1.78. The molecule has 11 rings (SSSR count). The van der Waals surface area contributed by atoms with E-state index in [1.807, 2.05) is 18.2 Å². The molecule has 262 valence electrons. The van der Waals surface area contributed by atoms with E-state index in [0.29, 0.717) is 17.5 Å². The van der Waals surface area contributed by atoms with Crippen LogP contribution in [0, 0.1) is 0 Å². The van der Waals surface area contributed by atoms with Gasteiger partial charge in [-0.3, -0.25) is 0 Å². The normalized spacial score (nSPS) is 11.6. The van der Waals surface area contributed by atoms with Crippen LogP contribution in [0.3, 0.4) is 0 Å². The Bertz CT molecular complexity index is 3240. The average molecular weight is 717 g/mol. The molecule has 8 aromatic carbocycles. The van der Waals surface area contributed by atoms with E-state index >= 15 is 0 Å². The number of hydrogen-bond acceptors (Lipinski definition) is 4. The number of furan rings is 1. The summed E-state index contributed by atoms with van der Waals surface area (Å²) >= 11 is 0. The summed E-state index contributed by atoms with van der Waals surface area (Å²) in [4.78, 5) is 15.8. The first kappa shape index (κ1) is 31.9. The van der Waals surface area contributed by atoms with Crippen LogP contribution in [0.2, 0.25) is 0 Å². The van der Waals surface area contributed by atoms with Crippen LogP contribution in [0.5, 0.6) is 0 Å². The van der Waals surface area contributed by atoms with E-state index in [-0.39, 0.29) is 0 Å². The summed E-state index contributed by atoms with van der Waals surface area (Å²) in [5, 5.41) is 4.34. The topological polar surface area (TPSA) is 56.7 Å². The monoisotopic (exact) mass is 716 g/mol. The molecule has 0 saturated carbocycles. The van der Waals surface area contributed by atoms with Crippen LogP contribution in [0.4, 0.5) is 0 Å². The molecule has 56 heavy (non-hydrogen) atoms. The number of hydrogen-bond donors (Lipinski definition) is 0. The standard InChI is InChI=1S/C51H32N4O/c1-4-15-33(16-5-1)35-27-29-39-40-30-28-36(32-47(40)56-46(39)31-35)49-52-50(41-22-11-10-21-38(41)34-17-6-2-7-18-34)54-51(53-49)43-24-14-26-45-48(43)42-23-12-13-25-44(42)55(45)37-19-8-3-9-20-37/h1-32H. The third-order valence-electron chi connectivity index (χ3n) is 10.7. The summed E-state index contributed by atoms with van der Waals surface area (Å²) in [5.41, 5.74) is 12.1. The third kappa shape index (κ3) is 5.29. The van der Waals surface area contributed by atoms with E-state index in [4.69, 9.17) is 19.4 Å². The Balaban J connectivity index is 1.14. The molecule has 5 heteroatoms. The van der Waals surface area contributed by atoms with E-state index in [1.54, 1.807) is 0 Å². The highest BCUT2D eigenvalue weighted by Crippen LogP contribution is 2.40. The zero-order valence-electron chi connectivity index (χ0n) is 30.2. The second kappa shape index (κ2) is 13.0. The fraction of sp³-hybridized carbons (Fsp3) is 0. The molecule has 0 fully saturated rings. The number of rotatable bonds is 6. The highest BCUT2D eigenvalue weighted by atomic mass is 16.3. The predicted octanol–water partition coefficient (Wildman–Crippen LogP) is 13.2. The van der Waals surface area contributed by atoms with Crippen LogP contribution >= 0.6 is 0 Å². The van der Waals surface area contributed by atoms with Gasteiger partial charge in [0.15, 0.2) is 17.5 Å². The van der Waals surface area contributed by atoms with Crippen molar-refractivity contribution in [2.75, 3.05) is 0 Å². The van der Waals surface area contributed by atoms with Crippen LogP contribution in [0.1, 0.15) is 0 Å². The Kier molecular flexibility index (Phi) is 7.42. The lowest BCUT2D eigenvalue weighted by Crippen LogP contribution is -2.01. The molecule has 3 aromatic heterocycles. The van der Waals surface area contributed by atoms with E-state index in [2.05, 4.69) is 180 Å². The molecule has 3 heterocycles. The van der Waals surface area contributed by atoms with Crippen LogP contribution in [0.25, 0.3) is 106 Å². The minimum atomic E-state index is 0.573. The molecule has 0 bridgehead atoms. The Morgan fingerprint density at radius 2 is 0.875 bits per heavy atom. The molecule has 0 aliphatic heterocycles. The Morgan fingerprint density at radius 3 is 1.62 bits per heavy atom. The second-order valence-corrected chi connectivity index (χ2v) is 14.0. The maximum Gasteiger partial charge on any atom is 0.164 e. The Hall–Kier alpha value is -7.63. The lowest BCUT2D eigenvalue weighted by atomic mass is 9.99. The van der Waals surface area contributed by atoms with Gasteiger partial charge in [0.05, 0.1) is 11.0 Å². The first-order valence-electron chi connectivity index (χ1n) is 18.8. The van der Waals surface area contributed by atoms with E-state index < -0.39 is 0 Å². The first-order chi connectivity index (χ1) is 27.8. The van der Waals surface area contributed by atoms with E-state index in [9.17, 15) is 0 Å². The molecular formula is C51H32N4O. The van der Waals surface area contributed by atoms with Crippen molar-refractivity contribution >= 4 is 43.7 Å². The lowest BCUT2D eigenvalue weighted by Gasteiger charge is -2.13. The van der Waals surface area contributed by atoms with Crippen molar-refractivity contribution in [2.24, 2.45) is 0 Å². The van der Waals surface area contributed by atoms with Crippen LogP contribution in [-0.2, 0) is 0 Å². The molecule has 0 radical (unpaired) electrons. The zero-order chi connectivity index (χ0) is 37.0. The highest BCUT2D eigenvalue weighted by Gasteiger charge is 2.21. The van der Waals surface area contributed by atoms with Gasteiger partial charge in [0.1, 0.15) is 11.2 Å². The number of aromatic nitrogens is 4. The number of nitrogens with zero attached hydrogens (tertiary/aromatic N) is 4. The number of fused-ring (bicyclic) bond motifs is 6. The van der Waals surface area contributed by atoms with Gasteiger partial charge in [-0.1, -0.05) is 146 Å². The van der Waals surface area contributed by atoms with Crippen molar-refractivity contribution in [2.45, 2.75) is 0 Å². The zero-order valence-corrected chi connectivity index (χ0v) is 30.2. The van der Waals surface area contributed by atoms with Crippen molar-refractivity contribution in [1.29, 1.82) is 0 Å². The van der Waals surface area contributed by atoms with E-state index in [0.717, 1.165) is 88.4 Å².